The molecule has 8 rings (SSSR count). The number of methoxy groups -OCH3 is 1. The molecule has 0 radical (unpaired) electrons. The summed E-state index contributed by atoms with van der Waals surface area (Å²) in [6, 6.07) is 12.8. The lowest BCUT2D eigenvalue weighted by Crippen LogP contribution is -2.65. The first-order valence-electron chi connectivity index (χ1n) is 17.0. The summed E-state index contributed by atoms with van der Waals surface area (Å²) in [6.07, 6.45) is -2.23. The fourth-order valence-corrected chi connectivity index (χ4v) is 8.90. The molecule has 270 valence electrons. The second-order valence-electron chi connectivity index (χ2n) is 13.9. The summed E-state index contributed by atoms with van der Waals surface area (Å²) < 4.78 is 53.9. The van der Waals surface area contributed by atoms with Crippen LogP contribution in [0.1, 0.15) is 48.7 Å². The molecule has 2 aliphatic carbocycles. The van der Waals surface area contributed by atoms with Crippen molar-refractivity contribution < 1.29 is 61.8 Å². The number of ether oxygens (including phenoxy) is 9. The Morgan fingerprint density at radius 1 is 0.941 bits per heavy atom. The molecule has 14 heteroatoms. The van der Waals surface area contributed by atoms with Gasteiger partial charge in [-0.25, -0.2) is 9.59 Å². The zero-order chi connectivity index (χ0) is 35.8. The van der Waals surface area contributed by atoms with Gasteiger partial charge < -0.3 is 42.8 Å². The van der Waals surface area contributed by atoms with Crippen LogP contribution < -0.4 is 9.47 Å². The number of nitrogens with zero attached hydrogens (tertiary/aromatic N) is 1. The Morgan fingerprint density at radius 3 is 2.41 bits per heavy atom. The van der Waals surface area contributed by atoms with E-state index < -0.39 is 78.2 Å². The van der Waals surface area contributed by atoms with Crippen molar-refractivity contribution in [1.82, 2.24) is 4.90 Å². The molecule has 3 saturated heterocycles. The van der Waals surface area contributed by atoms with E-state index in [1.54, 1.807) is 37.3 Å². The fraction of sp³-hybridized carbons (Fsp3) is 0.514. The predicted octanol–water partition coefficient (Wildman–Crippen LogP) is 2.59. The molecule has 4 heterocycles. The highest BCUT2D eigenvalue weighted by Gasteiger charge is 2.67. The van der Waals surface area contributed by atoms with Gasteiger partial charge in [-0.1, -0.05) is 36.4 Å². The molecule has 2 aromatic carbocycles. The predicted molar refractivity (Wildman–Crippen MR) is 172 cm³/mol. The van der Waals surface area contributed by atoms with Crippen LogP contribution in [0.5, 0.6) is 11.5 Å². The van der Waals surface area contributed by atoms with Gasteiger partial charge in [-0.2, -0.15) is 0 Å². The van der Waals surface area contributed by atoms with E-state index in [0.717, 1.165) is 44.5 Å². The molecule has 4 aliphatic heterocycles. The van der Waals surface area contributed by atoms with Gasteiger partial charge in [-0.3, -0.25) is 14.3 Å². The number of hydrogen-bond donors (Lipinski definition) is 0. The molecule has 1 unspecified atom stereocenters. The number of carbonyl (C=O) groups excluding carboxylic acids is 4. The lowest BCUT2D eigenvalue weighted by Gasteiger charge is -2.57. The van der Waals surface area contributed by atoms with Gasteiger partial charge in [0.25, 0.3) is 5.97 Å². The maximum Gasteiger partial charge on any atom is 0.343 e. The highest BCUT2D eigenvalue weighted by Crippen LogP contribution is 2.63. The summed E-state index contributed by atoms with van der Waals surface area (Å²) >= 11 is 0. The van der Waals surface area contributed by atoms with Crippen molar-refractivity contribution in [2.45, 2.75) is 94.0 Å². The Balaban J connectivity index is 1.12. The summed E-state index contributed by atoms with van der Waals surface area (Å²) in [4.78, 5) is 52.7. The van der Waals surface area contributed by atoms with Gasteiger partial charge in [0.05, 0.1) is 12.7 Å². The first kappa shape index (κ1) is 33.8. The first-order valence-corrected chi connectivity index (χ1v) is 17.0. The topological polar surface area (TPSA) is 155 Å². The van der Waals surface area contributed by atoms with Gasteiger partial charge in [0.1, 0.15) is 12.2 Å². The number of likely N-dealkylation sites (N-methyl/N-ethyl adjacent to an activating group) is 1. The third-order valence-electron chi connectivity index (χ3n) is 10.9. The third-order valence-corrected chi connectivity index (χ3v) is 10.9. The molecular formula is C37H39NO13. The molecule has 2 aromatic rings. The van der Waals surface area contributed by atoms with Gasteiger partial charge >= 0.3 is 23.9 Å². The minimum atomic E-state index is -1.80. The highest BCUT2D eigenvalue weighted by molar-refractivity contribution is 5.91. The number of carbonyl (C=O) groups is 4. The van der Waals surface area contributed by atoms with Crippen LogP contribution >= 0.6 is 0 Å². The molecule has 6 aliphatic rings. The fourth-order valence-electron chi connectivity index (χ4n) is 8.90. The number of rotatable bonds is 7. The molecule has 0 amide bonds. The largest absolute Gasteiger partial charge is 0.482 e. The van der Waals surface area contributed by atoms with Gasteiger partial charge in [0.15, 0.2) is 42.2 Å². The average molecular weight is 706 g/mol. The van der Waals surface area contributed by atoms with Crippen LogP contribution in [0, 0.1) is 5.92 Å². The quantitative estimate of drug-likeness (QED) is 0.179. The van der Waals surface area contributed by atoms with Crippen molar-refractivity contribution in [3.05, 3.63) is 71.3 Å². The van der Waals surface area contributed by atoms with Crippen LogP contribution in [-0.4, -0.2) is 104 Å². The maximum absolute atomic E-state index is 13.2. The van der Waals surface area contributed by atoms with Gasteiger partial charge in [-0.05, 0) is 50.2 Å². The van der Waals surface area contributed by atoms with Crippen molar-refractivity contribution in [2.24, 2.45) is 5.92 Å². The summed E-state index contributed by atoms with van der Waals surface area (Å²) in [6.45, 7) is 4.70. The number of likely N-dealkylation sites (tertiary alicyclic amines) is 1. The zero-order valence-corrected chi connectivity index (χ0v) is 28.8. The van der Waals surface area contributed by atoms with E-state index >= 15 is 0 Å². The second-order valence-corrected chi connectivity index (χ2v) is 13.9. The SMILES string of the molecule is COC(=O)[C@H]1O[C@@H]2OC(C)(O[C@H]3C=C[C@H]4[C@H]5Cc6ccc(OC(=O)c7ccccc7)c7c6[C@@]4(CCN5C)[C@H]3O7)O[C@@H]2[C@@H](OC(C)=O)[C@@H]1OC(C)=O. The highest BCUT2D eigenvalue weighted by atomic mass is 16.9. The van der Waals surface area contributed by atoms with Gasteiger partial charge in [0.2, 0.25) is 0 Å². The van der Waals surface area contributed by atoms with Crippen LogP contribution in [-0.2, 0) is 59.4 Å². The van der Waals surface area contributed by atoms with E-state index in [1.165, 1.54) is 6.92 Å². The second kappa shape index (κ2) is 12.4. The number of esters is 4. The summed E-state index contributed by atoms with van der Waals surface area (Å²) in [7, 11) is 3.29. The number of hydrogen-bond acceptors (Lipinski definition) is 14. The first-order chi connectivity index (χ1) is 24.4. The third kappa shape index (κ3) is 5.43. The molecule has 14 nitrogen and oxygen atoms in total. The van der Waals surface area contributed by atoms with Crippen molar-refractivity contribution >= 4 is 23.9 Å². The summed E-state index contributed by atoms with van der Waals surface area (Å²) in [5, 5.41) is 0. The van der Waals surface area contributed by atoms with E-state index in [2.05, 4.69) is 18.0 Å². The molecule has 0 N–H and O–H groups in total. The van der Waals surface area contributed by atoms with Crippen LogP contribution in [0.2, 0.25) is 0 Å². The molecule has 51 heavy (non-hydrogen) atoms. The zero-order valence-electron chi connectivity index (χ0n) is 28.8. The van der Waals surface area contributed by atoms with Crippen molar-refractivity contribution in [1.29, 1.82) is 0 Å². The van der Waals surface area contributed by atoms with Gasteiger partial charge in [0, 0.05) is 43.7 Å². The molecule has 0 saturated carbocycles. The lowest BCUT2D eigenvalue weighted by molar-refractivity contribution is -0.360. The molecule has 2 bridgehead atoms. The maximum atomic E-state index is 13.2. The molecule has 11 atom stereocenters. The summed E-state index contributed by atoms with van der Waals surface area (Å²) in [5.41, 5.74) is 2.06. The normalized spacial score (nSPS) is 37.0. The van der Waals surface area contributed by atoms with E-state index in [-0.39, 0.29) is 12.0 Å². The molecule has 1 spiro atoms. The van der Waals surface area contributed by atoms with E-state index in [1.807, 2.05) is 18.2 Å². The van der Waals surface area contributed by atoms with E-state index in [4.69, 9.17) is 42.6 Å². The van der Waals surface area contributed by atoms with Crippen molar-refractivity contribution in [3.63, 3.8) is 0 Å². The monoisotopic (exact) mass is 705 g/mol. The van der Waals surface area contributed by atoms with Crippen LogP contribution in [0.4, 0.5) is 0 Å². The Morgan fingerprint density at radius 2 is 1.69 bits per heavy atom. The Bertz CT molecular complexity index is 1800. The molecular weight excluding hydrogens is 666 g/mol. The Labute approximate surface area is 293 Å². The standard InChI is InChI=1S/C37H39NO13/c1-18(39)44-28-29(45-19(2)40)31-35(48-30(28)34(42)43-5)51-36(3,50-31)49-25-14-12-22-23-17-21-11-13-24(46-33(41)20-9-7-6-8-10-20)27-26(21)37(22,32(25)47-27)15-16-38(23)4/h6-14,22-23,25,28-32,35H,15-17H2,1-5H3/t22-,23+,25-,28-,29-,30-,31+,32-,35+,36?,37-/m0/s1. The van der Waals surface area contributed by atoms with Crippen LogP contribution in [0.25, 0.3) is 0 Å². The minimum absolute atomic E-state index is 0.0812. The Hall–Kier alpha value is -4.34. The van der Waals surface area contributed by atoms with Crippen LogP contribution in [0.15, 0.2) is 54.6 Å². The molecule has 3 fully saturated rings. The summed E-state index contributed by atoms with van der Waals surface area (Å²) in [5.74, 6) is -3.67. The van der Waals surface area contributed by atoms with E-state index in [0.29, 0.717) is 17.1 Å². The lowest BCUT2D eigenvalue weighted by atomic mass is 9.53. The van der Waals surface area contributed by atoms with Crippen molar-refractivity contribution in [3.8, 4) is 11.5 Å². The number of piperidine rings is 1. The van der Waals surface area contributed by atoms with Crippen molar-refractivity contribution in [2.75, 3.05) is 20.7 Å². The minimum Gasteiger partial charge on any atom is -0.482 e. The van der Waals surface area contributed by atoms with Gasteiger partial charge in [-0.15, -0.1) is 0 Å². The average Bonchev–Trinajstić information content (AvgIpc) is 3.63. The van der Waals surface area contributed by atoms with Crippen LogP contribution in [0.3, 0.4) is 0 Å². The number of benzene rings is 2. The van der Waals surface area contributed by atoms with E-state index in [9.17, 15) is 19.2 Å². The number of fused-ring (bicyclic) bond motifs is 1. The Kier molecular flexibility index (Phi) is 8.22. The molecule has 0 aromatic heterocycles. The smallest absolute Gasteiger partial charge is 0.343 e.